The van der Waals surface area contributed by atoms with Crippen molar-refractivity contribution in [2.45, 2.75) is 121 Å². The number of aliphatic hydroxyl groups excluding tert-OH is 12. The number of rotatable bonds is 11. The van der Waals surface area contributed by atoms with Gasteiger partial charge >= 0.3 is 0 Å². The Morgan fingerprint density at radius 1 is 0.522 bits per heavy atom. The summed E-state index contributed by atoms with van der Waals surface area (Å²) in [5.74, 6) is 0. The van der Waals surface area contributed by atoms with Crippen molar-refractivity contribution < 1.29 is 94.4 Å². The van der Waals surface area contributed by atoms with Crippen molar-refractivity contribution in [3.05, 3.63) is 0 Å². The molecular weight excluding hydrogens is 650 g/mol. The normalized spacial score (nSPS) is 52.0. The average Bonchev–Trinajstić information content (AvgIpc) is 3.05. The summed E-state index contributed by atoms with van der Waals surface area (Å²) in [5, 5.41) is 123. The van der Waals surface area contributed by atoms with Gasteiger partial charge in [-0.15, -0.1) is 11.8 Å². The topological polar surface area (TPSA) is 333 Å². The monoisotopic (exact) mass is 695 g/mol. The lowest BCUT2D eigenvalue weighted by Crippen LogP contribution is -2.67. The molecule has 0 aromatic rings. The summed E-state index contributed by atoms with van der Waals surface area (Å²) in [6.45, 7) is -2.90. The first-order valence-electron chi connectivity index (χ1n) is 14.6. The SMILES string of the molecule is CO[C@@H]1O[C@H](CO)[C@@H](S[C@@H]2O[C@H](CO)[C@@H](O[C@@H]3O[C@H](CO)[C@@H](O[C@@H]4O[C@H](CO)[C@@H](N)[C@H](O)[C@H]4O)[C@H](O)[C@H]3O)[C@H](O)[C@H]2O)[C@H](O)[C@H]1O. The number of methoxy groups -OCH3 is 1. The van der Waals surface area contributed by atoms with Crippen LogP contribution in [0.5, 0.6) is 0 Å². The Bertz CT molecular complexity index is 938. The minimum absolute atomic E-state index is 0.611. The predicted molar refractivity (Wildman–Crippen MR) is 147 cm³/mol. The van der Waals surface area contributed by atoms with Crippen LogP contribution in [0.1, 0.15) is 0 Å². The molecule has 4 heterocycles. The molecule has 0 saturated carbocycles. The van der Waals surface area contributed by atoms with Crippen LogP contribution < -0.4 is 5.73 Å². The van der Waals surface area contributed by atoms with E-state index in [2.05, 4.69) is 0 Å². The lowest BCUT2D eigenvalue weighted by atomic mass is 9.95. The highest BCUT2D eigenvalue weighted by molar-refractivity contribution is 8.00. The summed E-state index contributed by atoms with van der Waals surface area (Å²) in [6, 6.07) is -1.17. The highest BCUT2D eigenvalue weighted by Crippen LogP contribution is 2.39. The lowest BCUT2D eigenvalue weighted by molar-refractivity contribution is -0.366. The number of thioether (sulfide) groups is 1. The van der Waals surface area contributed by atoms with Crippen LogP contribution >= 0.6 is 11.8 Å². The molecule has 0 radical (unpaired) electrons. The molecule has 0 aliphatic carbocycles. The van der Waals surface area contributed by atoms with Crippen LogP contribution in [0.3, 0.4) is 0 Å². The molecule has 0 amide bonds. The third kappa shape index (κ3) is 7.65. The minimum atomic E-state index is -1.96. The second-order valence-electron chi connectivity index (χ2n) is 11.4. The van der Waals surface area contributed by atoms with Gasteiger partial charge in [0.25, 0.3) is 0 Å². The van der Waals surface area contributed by atoms with E-state index in [1.165, 1.54) is 7.11 Å². The van der Waals surface area contributed by atoms with Crippen molar-refractivity contribution in [1.29, 1.82) is 0 Å². The molecule has 4 saturated heterocycles. The Hall–Kier alpha value is -0.450. The first kappa shape index (κ1) is 38.4. The highest BCUT2D eigenvalue weighted by Gasteiger charge is 2.54. The molecule has 4 rings (SSSR count). The first-order chi connectivity index (χ1) is 21.8. The summed E-state index contributed by atoms with van der Waals surface area (Å²) < 4.78 is 38.3. The molecule has 4 aliphatic rings. The number of hydrogen-bond acceptors (Lipinski definition) is 21. The van der Waals surface area contributed by atoms with Crippen LogP contribution in [0.4, 0.5) is 0 Å². The van der Waals surface area contributed by atoms with Gasteiger partial charge in [-0.25, -0.2) is 0 Å². The lowest BCUT2D eigenvalue weighted by Gasteiger charge is -2.49. The van der Waals surface area contributed by atoms with E-state index in [0.717, 1.165) is 0 Å². The van der Waals surface area contributed by atoms with E-state index in [4.69, 9.17) is 38.9 Å². The van der Waals surface area contributed by atoms with Gasteiger partial charge in [-0.05, 0) is 0 Å². The smallest absolute Gasteiger partial charge is 0.187 e. The molecular formula is C25H45NO19S. The Morgan fingerprint density at radius 2 is 0.957 bits per heavy atom. The van der Waals surface area contributed by atoms with E-state index >= 15 is 0 Å². The van der Waals surface area contributed by atoms with E-state index < -0.39 is 147 Å². The van der Waals surface area contributed by atoms with Gasteiger partial charge in [-0.3, -0.25) is 0 Å². The molecule has 270 valence electrons. The standard InChI is InChI=1S/C25H45NO19S/c1-39-22-17(37)14(34)21(9(5-30)42-22)46-25-18(38)13(33)20(8(4-29)43-25)45-24-16(36)12(32)19(7(3-28)41-24)44-23-15(35)11(31)10(26)6(2-27)40-23/h6-25,27-38H,2-5,26H2,1H3/t6-,7-,8-,9-,10-,11+,12-,13-,14-,15-,16-,17-,18-,19-,20-,21-,22-,23+,24+,25+/m1/s1. The van der Waals surface area contributed by atoms with E-state index in [1.54, 1.807) is 0 Å². The second kappa shape index (κ2) is 16.5. The van der Waals surface area contributed by atoms with Crippen LogP contribution in [0.2, 0.25) is 0 Å². The zero-order chi connectivity index (χ0) is 34.0. The fourth-order valence-electron chi connectivity index (χ4n) is 5.78. The van der Waals surface area contributed by atoms with Crippen molar-refractivity contribution in [3.63, 3.8) is 0 Å². The molecule has 0 spiro atoms. The molecule has 46 heavy (non-hydrogen) atoms. The largest absolute Gasteiger partial charge is 0.394 e. The number of ether oxygens (including phenoxy) is 7. The van der Waals surface area contributed by atoms with Crippen LogP contribution in [-0.2, 0) is 33.2 Å². The van der Waals surface area contributed by atoms with Crippen LogP contribution in [0.25, 0.3) is 0 Å². The van der Waals surface area contributed by atoms with E-state index in [1.807, 2.05) is 0 Å². The molecule has 20 atom stereocenters. The van der Waals surface area contributed by atoms with Gasteiger partial charge in [-0.1, -0.05) is 0 Å². The van der Waals surface area contributed by atoms with Gasteiger partial charge in [0, 0.05) is 7.11 Å². The molecule has 0 bridgehead atoms. The Morgan fingerprint density at radius 3 is 1.48 bits per heavy atom. The van der Waals surface area contributed by atoms with Gasteiger partial charge in [0.05, 0.1) is 49.9 Å². The predicted octanol–water partition coefficient (Wildman–Crippen LogP) is -8.41. The van der Waals surface area contributed by atoms with E-state index in [-0.39, 0.29) is 0 Å². The third-order valence-electron chi connectivity index (χ3n) is 8.51. The Kier molecular flexibility index (Phi) is 13.8. The molecule has 4 aliphatic heterocycles. The fourth-order valence-corrected chi connectivity index (χ4v) is 7.26. The maximum atomic E-state index is 11.0. The summed E-state index contributed by atoms with van der Waals surface area (Å²) in [7, 11) is 1.23. The molecule has 0 aromatic carbocycles. The minimum Gasteiger partial charge on any atom is -0.394 e. The zero-order valence-electron chi connectivity index (χ0n) is 24.6. The highest BCUT2D eigenvalue weighted by atomic mass is 32.2. The van der Waals surface area contributed by atoms with Crippen molar-refractivity contribution in [2.75, 3.05) is 33.5 Å². The van der Waals surface area contributed by atoms with Gasteiger partial charge in [0.2, 0.25) is 0 Å². The summed E-state index contributed by atoms with van der Waals surface area (Å²) in [6.07, 6.45) is -26.9. The maximum Gasteiger partial charge on any atom is 0.187 e. The van der Waals surface area contributed by atoms with Crippen LogP contribution in [-0.4, -0.2) is 216 Å². The molecule has 0 unspecified atom stereocenters. The second-order valence-corrected chi connectivity index (χ2v) is 12.7. The first-order valence-corrected chi connectivity index (χ1v) is 15.5. The van der Waals surface area contributed by atoms with Crippen molar-refractivity contribution in [3.8, 4) is 0 Å². The zero-order valence-corrected chi connectivity index (χ0v) is 25.4. The van der Waals surface area contributed by atoms with Crippen molar-refractivity contribution >= 4 is 11.8 Å². The quantitative estimate of drug-likeness (QED) is 0.0954. The number of aliphatic hydroxyl groups is 12. The summed E-state index contributed by atoms with van der Waals surface area (Å²) in [5.41, 5.74) is 4.37. The molecule has 0 aromatic heterocycles. The van der Waals surface area contributed by atoms with E-state index in [9.17, 15) is 61.3 Å². The summed E-state index contributed by atoms with van der Waals surface area (Å²) >= 11 is 0.708. The Labute approximate surface area is 266 Å². The Balaban J connectivity index is 1.43. The number of nitrogens with two attached hydrogens (primary N) is 1. The van der Waals surface area contributed by atoms with Crippen LogP contribution in [0, 0.1) is 0 Å². The van der Waals surface area contributed by atoms with Gasteiger partial charge < -0.3 is 100 Å². The molecule has 4 fully saturated rings. The van der Waals surface area contributed by atoms with Gasteiger partial charge in [0.15, 0.2) is 18.9 Å². The van der Waals surface area contributed by atoms with Crippen LogP contribution in [0.15, 0.2) is 0 Å². The van der Waals surface area contributed by atoms with E-state index in [0.29, 0.717) is 11.8 Å². The fraction of sp³-hybridized carbons (Fsp3) is 1.00. The average molecular weight is 696 g/mol. The van der Waals surface area contributed by atoms with Gasteiger partial charge in [0.1, 0.15) is 78.7 Å². The molecule has 20 nitrogen and oxygen atoms in total. The van der Waals surface area contributed by atoms with Gasteiger partial charge in [-0.2, -0.15) is 0 Å². The summed E-state index contributed by atoms with van der Waals surface area (Å²) in [4.78, 5) is 0. The maximum absolute atomic E-state index is 11.0. The molecule has 14 N–H and O–H groups in total. The van der Waals surface area contributed by atoms with Crippen molar-refractivity contribution in [1.82, 2.24) is 0 Å². The number of hydrogen-bond donors (Lipinski definition) is 13. The third-order valence-corrected chi connectivity index (χ3v) is 10.1. The van der Waals surface area contributed by atoms with Crippen molar-refractivity contribution in [2.24, 2.45) is 5.73 Å². The molecule has 21 heteroatoms.